The van der Waals surface area contributed by atoms with Crippen LogP contribution in [0.5, 0.6) is 0 Å². The van der Waals surface area contributed by atoms with Gasteiger partial charge in [0, 0.05) is 18.3 Å². The average Bonchev–Trinajstić information content (AvgIpc) is 2.62. The second kappa shape index (κ2) is 5.00. The number of aromatic amines is 1. The van der Waals surface area contributed by atoms with Gasteiger partial charge in [-0.1, -0.05) is 0 Å². The summed E-state index contributed by atoms with van der Waals surface area (Å²) in [6.07, 6.45) is 1.60. The lowest BCUT2D eigenvalue weighted by molar-refractivity contribution is -0.122. The van der Waals surface area contributed by atoms with Crippen LogP contribution >= 0.6 is 0 Å². The molecule has 0 saturated carbocycles. The van der Waals surface area contributed by atoms with Gasteiger partial charge in [0.1, 0.15) is 6.54 Å². The van der Waals surface area contributed by atoms with Crippen LogP contribution in [-0.4, -0.2) is 41.4 Å². The monoisotopic (exact) mass is 287 g/mol. The molecule has 0 aliphatic carbocycles. The molecule has 1 amide bonds. The van der Waals surface area contributed by atoms with Crippen LogP contribution in [0.1, 0.15) is 6.42 Å². The summed E-state index contributed by atoms with van der Waals surface area (Å²) in [6.45, 7) is -0.258. The molecule has 1 aromatic heterocycles. The Morgan fingerprint density at radius 2 is 2.21 bits per heavy atom. The van der Waals surface area contributed by atoms with E-state index in [0.29, 0.717) is 6.42 Å². The Labute approximate surface area is 108 Å². The molecular formula is C10H13N3O5S. The number of aromatic nitrogens is 2. The molecule has 9 heteroatoms. The van der Waals surface area contributed by atoms with E-state index in [-0.39, 0.29) is 18.1 Å². The fourth-order valence-corrected chi connectivity index (χ4v) is 3.58. The van der Waals surface area contributed by atoms with E-state index in [1.807, 2.05) is 4.98 Å². The number of hydrogen-bond acceptors (Lipinski definition) is 5. The Kier molecular flexibility index (Phi) is 3.56. The van der Waals surface area contributed by atoms with Crippen molar-refractivity contribution in [3.05, 3.63) is 33.1 Å². The van der Waals surface area contributed by atoms with Gasteiger partial charge in [-0.15, -0.1) is 0 Å². The maximum Gasteiger partial charge on any atom is 0.328 e. The zero-order chi connectivity index (χ0) is 14.0. The van der Waals surface area contributed by atoms with Crippen molar-refractivity contribution in [1.82, 2.24) is 14.9 Å². The number of nitrogens with zero attached hydrogens (tertiary/aromatic N) is 1. The van der Waals surface area contributed by atoms with E-state index in [4.69, 9.17) is 0 Å². The maximum atomic E-state index is 11.7. The van der Waals surface area contributed by atoms with Crippen LogP contribution in [0.3, 0.4) is 0 Å². The normalized spacial score (nSPS) is 21.2. The van der Waals surface area contributed by atoms with Crippen molar-refractivity contribution < 1.29 is 13.2 Å². The molecule has 19 heavy (non-hydrogen) atoms. The van der Waals surface area contributed by atoms with Crippen LogP contribution < -0.4 is 16.6 Å². The predicted molar refractivity (Wildman–Crippen MR) is 66.5 cm³/mol. The lowest BCUT2D eigenvalue weighted by Gasteiger charge is -2.11. The Hall–Kier alpha value is -1.90. The minimum atomic E-state index is -3.06. The molecule has 1 unspecified atom stereocenters. The van der Waals surface area contributed by atoms with E-state index < -0.39 is 33.0 Å². The van der Waals surface area contributed by atoms with E-state index >= 15 is 0 Å². The summed E-state index contributed by atoms with van der Waals surface area (Å²) >= 11 is 0. The number of rotatable bonds is 3. The van der Waals surface area contributed by atoms with E-state index in [0.717, 1.165) is 10.6 Å². The molecule has 1 aromatic rings. The van der Waals surface area contributed by atoms with Crippen LogP contribution in [0, 0.1) is 0 Å². The van der Waals surface area contributed by atoms with Crippen LogP contribution in [-0.2, 0) is 21.2 Å². The zero-order valence-corrected chi connectivity index (χ0v) is 10.8. The van der Waals surface area contributed by atoms with Gasteiger partial charge in [0.2, 0.25) is 5.91 Å². The molecule has 0 aromatic carbocycles. The third-order valence-corrected chi connectivity index (χ3v) is 4.58. The van der Waals surface area contributed by atoms with Crippen molar-refractivity contribution in [3.63, 3.8) is 0 Å². The molecule has 2 rings (SSSR count). The van der Waals surface area contributed by atoms with E-state index in [1.165, 1.54) is 6.20 Å². The summed E-state index contributed by atoms with van der Waals surface area (Å²) in [5.74, 6) is -0.466. The highest BCUT2D eigenvalue weighted by Gasteiger charge is 2.28. The van der Waals surface area contributed by atoms with Gasteiger partial charge in [-0.2, -0.15) is 0 Å². The number of nitrogens with one attached hydrogen (secondary N) is 2. The molecule has 104 valence electrons. The van der Waals surface area contributed by atoms with Crippen molar-refractivity contribution >= 4 is 15.7 Å². The summed E-state index contributed by atoms with van der Waals surface area (Å²) in [6, 6.07) is 0.727. The van der Waals surface area contributed by atoms with Gasteiger partial charge in [0.15, 0.2) is 9.84 Å². The highest BCUT2D eigenvalue weighted by molar-refractivity contribution is 7.91. The molecule has 1 aliphatic rings. The molecule has 8 nitrogen and oxygen atoms in total. The minimum absolute atomic E-state index is 0.0660. The third-order valence-electron chi connectivity index (χ3n) is 2.81. The zero-order valence-electron chi connectivity index (χ0n) is 9.96. The Morgan fingerprint density at radius 1 is 1.47 bits per heavy atom. The first-order valence-electron chi connectivity index (χ1n) is 5.65. The van der Waals surface area contributed by atoms with E-state index in [2.05, 4.69) is 5.32 Å². The molecule has 1 atom stereocenters. The van der Waals surface area contributed by atoms with Crippen LogP contribution in [0.25, 0.3) is 0 Å². The molecule has 2 heterocycles. The SMILES string of the molecule is O=C(Cn1ccc(=O)[nH]c1=O)NC1CCS(=O)(=O)C1. The Morgan fingerprint density at radius 3 is 2.79 bits per heavy atom. The Balaban J connectivity index is 1.99. The fourth-order valence-electron chi connectivity index (χ4n) is 1.91. The quantitative estimate of drug-likeness (QED) is 0.656. The second-order valence-electron chi connectivity index (χ2n) is 4.41. The lowest BCUT2D eigenvalue weighted by atomic mass is 10.2. The molecular weight excluding hydrogens is 274 g/mol. The molecule has 0 radical (unpaired) electrons. The topological polar surface area (TPSA) is 118 Å². The summed E-state index contributed by atoms with van der Waals surface area (Å²) in [5.41, 5.74) is -1.22. The standard InChI is InChI=1S/C10H13N3O5S/c14-8-1-3-13(10(16)12-8)5-9(15)11-7-2-4-19(17,18)6-7/h1,3,7H,2,4-6H2,(H,11,15)(H,12,14,16). The van der Waals surface area contributed by atoms with Crippen molar-refractivity contribution in [2.75, 3.05) is 11.5 Å². The molecule has 1 fully saturated rings. The predicted octanol–water partition coefficient (Wildman–Crippen LogP) is -2.16. The third kappa shape index (κ3) is 3.53. The largest absolute Gasteiger partial charge is 0.351 e. The number of hydrogen-bond donors (Lipinski definition) is 2. The lowest BCUT2D eigenvalue weighted by Crippen LogP contribution is -2.40. The van der Waals surface area contributed by atoms with Gasteiger partial charge >= 0.3 is 5.69 Å². The maximum absolute atomic E-state index is 11.7. The average molecular weight is 287 g/mol. The van der Waals surface area contributed by atoms with Gasteiger partial charge < -0.3 is 5.32 Å². The van der Waals surface area contributed by atoms with Gasteiger partial charge in [-0.25, -0.2) is 13.2 Å². The molecule has 0 spiro atoms. The fraction of sp³-hybridized carbons (Fsp3) is 0.500. The second-order valence-corrected chi connectivity index (χ2v) is 6.63. The number of carbonyl (C=O) groups is 1. The first-order valence-corrected chi connectivity index (χ1v) is 7.47. The molecule has 1 saturated heterocycles. The molecule has 0 bridgehead atoms. The number of sulfone groups is 1. The van der Waals surface area contributed by atoms with Crippen molar-refractivity contribution in [2.45, 2.75) is 19.0 Å². The number of H-pyrrole nitrogens is 1. The first-order chi connectivity index (χ1) is 8.85. The van der Waals surface area contributed by atoms with Gasteiger partial charge in [-0.3, -0.25) is 19.1 Å². The summed E-state index contributed by atoms with van der Waals surface area (Å²) in [7, 11) is -3.06. The van der Waals surface area contributed by atoms with E-state index in [1.54, 1.807) is 0 Å². The smallest absolute Gasteiger partial charge is 0.328 e. The van der Waals surface area contributed by atoms with Gasteiger partial charge in [0.25, 0.3) is 5.56 Å². The van der Waals surface area contributed by atoms with Crippen molar-refractivity contribution in [2.24, 2.45) is 0 Å². The van der Waals surface area contributed by atoms with Crippen molar-refractivity contribution in [1.29, 1.82) is 0 Å². The molecule has 1 aliphatic heterocycles. The van der Waals surface area contributed by atoms with Crippen LogP contribution in [0.2, 0.25) is 0 Å². The minimum Gasteiger partial charge on any atom is -0.351 e. The highest BCUT2D eigenvalue weighted by Crippen LogP contribution is 2.10. The van der Waals surface area contributed by atoms with Crippen LogP contribution in [0.4, 0.5) is 0 Å². The van der Waals surface area contributed by atoms with Crippen LogP contribution in [0.15, 0.2) is 21.9 Å². The summed E-state index contributed by atoms with van der Waals surface area (Å²) in [5, 5.41) is 2.55. The van der Waals surface area contributed by atoms with E-state index in [9.17, 15) is 22.8 Å². The summed E-state index contributed by atoms with van der Waals surface area (Å²) in [4.78, 5) is 35.9. The van der Waals surface area contributed by atoms with Gasteiger partial charge in [-0.05, 0) is 6.42 Å². The first kappa shape index (κ1) is 13.5. The highest BCUT2D eigenvalue weighted by atomic mass is 32.2. The van der Waals surface area contributed by atoms with Gasteiger partial charge in [0.05, 0.1) is 11.5 Å². The Bertz CT molecular complexity index is 702. The number of amides is 1. The number of carbonyl (C=O) groups excluding carboxylic acids is 1. The molecule has 2 N–H and O–H groups in total. The summed E-state index contributed by atoms with van der Waals surface area (Å²) < 4.78 is 23.5. The van der Waals surface area contributed by atoms with Crippen molar-refractivity contribution in [3.8, 4) is 0 Å².